The van der Waals surface area contributed by atoms with E-state index in [0.717, 1.165) is 0 Å². The average Bonchev–Trinajstić information content (AvgIpc) is 2.95. The molecule has 0 atom stereocenters. The number of hydrogen-bond acceptors (Lipinski definition) is 5. The Morgan fingerprint density at radius 1 is 1.14 bits per heavy atom. The first kappa shape index (κ1) is 12.9. The highest BCUT2D eigenvalue weighted by Gasteiger charge is 2.15. The molecule has 21 heavy (non-hydrogen) atoms. The standard InChI is InChI=1S/C15H10N2O4/c18-8-16-12-4-2-1-3-11(12)15(19)17-10-5-6-13-14(7-10)21-9-20-13/h1-7H,9H2,(H,17,19). The van der Waals surface area contributed by atoms with Crippen molar-refractivity contribution in [2.75, 3.05) is 12.1 Å². The van der Waals surface area contributed by atoms with E-state index in [2.05, 4.69) is 10.3 Å². The van der Waals surface area contributed by atoms with Gasteiger partial charge < -0.3 is 14.8 Å². The predicted octanol–water partition coefficient (Wildman–Crippen LogP) is 2.63. The van der Waals surface area contributed by atoms with Crippen LogP contribution in [0.25, 0.3) is 0 Å². The molecule has 1 aliphatic rings. The number of ether oxygens (including phenoxy) is 2. The third-order valence-electron chi connectivity index (χ3n) is 2.95. The molecule has 0 radical (unpaired) electrons. The fourth-order valence-electron chi connectivity index (χ4n) is 1.99. The maximum Gasteiger partial charge on any atom is 0.257 e. The summed E-state index contributed by atoms with van der Waals surface area (Å²) in [6.45, 7) is 0.170. The smallest absolute Gasteiger partial charge is 0.257 e. The number of rotatable bonds is 3. The van der Waals surface area contributed by atoms with Gasteiger partial charge in [0, 0.05) is 11.8 Å². The van der Waals surface area contributed by atoms with Gasteiger partial charge in [0.25, 0.3) is 5.91 Å². The van der Waals surface area contributed by atoms with Crippen molar-refractivity contribution >= 4 is 23.4 Å². The molecule has 1 aliphatic heterocycles. The van der Waals surface area contributed by atoms with Crippen molar-refractivity contribution in [2.45, 2.75) is 0 Å². The third kappa shape index (κ3) is 2.61. The Kier molecular flexibility index (Phi) is 3.37. The molecule has 0 unspecified atom stereocenters. The van der Waals surface area contributed by atoms with Crippen LogP contribution in [0.15, 0.2) is 47.5 Å². The van der Waals surface area contributed by atoms with Gasteiger partial charge in [0.1, 0.15) is 0 Å². The number of carbonyl (C=O) groups excluding carboxylic acids is 2. The lowest BCUT2D eigenvalue weighted by Crippen LogP contribution is -2.11. The Labute approximate surface area is 120 Å². The van der Waals surface area contributed by atoms with Crippen LogP contribution in [0.3, 0.4) is 0 Å². The van der Waals surface area contributed by atoms with E-state index in [1.54, 1.807) is 42.5 Å². The Morgan fingerprint density at radius 3 is 2.81 bits per heavy atom. The van der Waals surface area contributed by atoms with E-state index in [4.69, 9.17) is 9.47 Å². The summed E-state index contributed by atoms with van der Waals surface area (Å²) in [5.74, 6) is 0.842. The van der Waals surface area contributed by atoms with Crippen molar-refractivity contribution in [3.63, 3.8) is 0 Å². The van der Waals surface area contributed by atoms with E-state index in [1.165, 1.54) is 6.08 Å². The van der Waals surface area contributed by atoms with Crippen LogP contribution < -0.4 is 14.8 Å². The number of aliphatic imine (C=N–C) groups is 1. The molecule has 1 amide bonds. The molecule has 2 aromatic carbocycles. The Balaban J connectivity index is 1.85. The van der Waals surface area contributed by atoms with Crippen molar-refractivity contribution in [3.05, 3.63) is 48.0 Å². The first-order chi connectivity index (χ1) is 10.3. The minimum atomic E-state index is -0.372. The molecule has 0 fully saturated rings. The fraction of sp³-hybridized carbons (Fsp3) is 0.0667. The number of amides is 1. The number of nitrogens with zero attached hydrogens (tertiary/aromatic N) is 1. The van der Waals surface area contributed by atoms with Gasteiger partial charge in [-0.15, -0.1) is 0 Å². The van der Waals surface area contributed by atoms with E-state index >= 15 is 0 Å². The largest absolute Gasteiger partial charge is 0.454 e. The van der Waals surface area contributed by atoms with E-state index in [-0.39, 0.29) is 18.4 Å². The number of para-hydroxylation sites is 1. The van der Waals surface area contributed by atoms with Crippen LogP contribution in [0.4, 0.5) is 11.4 Å². The van der Waals surface area contributed by atoms with Gasteiger partial charge >= 0.3 is 0 Å². The maximum atomic E-state index is 12.2. The minimum absolute atomic E-state index is 0.170. The molecule has 0 aromatic heterocycles. The molecule has 0 bridgehead atoms. The normalized spacial score (nSPS) is 11.6. The van der Waals surface area contributed by atoms with Crippen LogP contribution in [0.2, 0.25) is 0 Å². The van der Waals surface area contributed by atoms with E-state index in [1.807, 2.05) is 0 Å². The number of benzene rings is 2. The lowest BCUT2D eigenvalue weighted by molar-refractivity contribution is 0.102. The Hall–Kier alpha value is -3.11. The quantitative estimate of drug-likeness (QED) is 0.693. The highest BCUT2D eigenvalue weighted by Crippen LogP contribution is 2.34. The number of isocyanates is 1. The zero-order chi connectivity index (χ0) is 14.7. The number of hydrogen-bond donors (Lipinski definition) is 1. The van der Waals surface area contributed by atoms with Gasteiger partial charge in [-0.2, -0.15) is 4.99 Å². The second kappa shape index (κ2) is 5.48. The van der Waals surface area contributed by atoms with Gasteiger partial charge in [-0.05, 0) is 24.3 Å². The lowest BCUT2D eigenvalue weighted by atomic mass is 10.1. The zero-order valence-electron chi connectivity index (χ0n) is 10.8. The van der Waals surface area contributed by atoms with Gasteiger partial charge in [0.2, 0.25) is 12.9 Å². The monoisotopic (exact) mass is 282 g/mol. The summed E-state index contributed by atoms with van der Waals surface area (Å²) >= 11 is 0. The average molecular weight is 282 g/mol. The fourth-order valence-corrected chi connectivity index (χ4v) is 1.99. The Bertz CT molecular complexity index is 751. The van der Waals surface area contributed by atoms with Crippen molar-refractivity contribution in [1.82, 2.24) is 0 Å². The van der Waals surface area contributed by atoms with Crippen LogP contribution >= 0.6 is 0 Å². The summed E-state index contributed by atoms with van der Waals surface area (Å²) in [6.07, 6.45) is 1.44. The molecule has 6 nitrogen and oxygen atoms in total. The molecule has 1 heterocycles. The van der Waals surface area contributed by atoms with E-state index in [0.29, 0.717) is 22.7 Å². The van der Waals surface area contributed by atoms with E-state index in [9.17, 15) is 9.59 Å². The second-order valence-electron chi connectivity index (χ2n) is 4.24. The van der Waals surface area contributed by atoms with Crippen molar-refractivity contribution < 1.29 is 19.1 Å². The molecular weight excluding hydrogens is 272 g/mol. The summed E-state index contributed by atoms with van der Waals surface area (Å²) in [5.41, 5.74) is 1.12. The summed E-state index contributed by atoms with van der Waals surface area (Å²) in [4.78, 5) is 26.1. The molecule has 1 N–H and O–H groups in total. The summed E-state index contributed by atoms with van der Waals surface area (Å²) in [5, 5.41) is 2.72. The molecule has 0 spiro atoms. The van der Waals surface area contributed by atoms with Gasteiger partial charge in [0.15, 0.2) is 11.5 Å². The molecule has 3 rings (SSSR count). The van der Waals surface area contributed by atoms with E-state index < -0.39 is 0 Å². The van der Waals surface area contributed by atoms with Crippen LogP contribution in [-0.4, -0.2) is 18.8 Å². The molecule has 0 saturated heterocycles. The van der Waals surface area contributed by atoms with Gasteiger partial charge in [-0.1, -0.05) is 12.1 Å². The first-order valence-corrected chi connectivity index (χ1v) is 6.16. The molecule has 104 valence electrons. The molecule has 0 aliphatic carbocycles. The summed E-state index contributed by atoms with van der Waals surface area (Å²) in [7, 11) is 0. The third-order valence-corrected chi connectivity index (χ3v) is 2.95. The topological polar surface area (TPSA) is 77.0 Å². The molecule has 2 aromatic rings. The van der Waals surface area contributed by atoms with Crippen LogP contribution in [0.1, 0.15) is 10.4 Å². The maximum absolute atomic E-state index is 12.2. The number of nitrogens with one attached hydrogen (secondary N) is 1. The SMILES string of the molecule is O=C=Nc1ccccc1C(=O)Nc1ccc2c(c1)OCO2. The minimum Gasteiger partial charge on any atom is -0.454 e. The lowest BCUT2D eigenvalue weighted by Gasteiger charge is -2.07. The van der Waals surface area contributed by atoms with Gasteiger partial charge in [-0.3, -0.25) is 4.79 Å². The second-order valence-corrected chi connectivity index (χ2v) is 4.24. The highest BCUT2D eigenvalue weighted by atomic mass is 16.7. The van der Waals surface area contributed by atoms with Crippen LogP contribution in [0, 0.1) is 0 Å². The summed E-state index contributed by atoms with van der Waals surface area (Å²) in [6, 6.07) is 11.6. The number of carbonyl (C=O) groups is 1. The Morgan fingerprint density at radius 2 is 1.95 bits per heavy atom. The number of anilines is 1. The molecule has 6 heteroatoms. The van der Waals surface area contributed by atoms with Crippen molar-refractivity contribution in [3.8, 4) is 11.5 Å². The number of fused-ring (bicyclic) bond motifs is 1. The van der Waals surface area contributed by atoms with Crippen molar-refractivity contribution in [2.24, 2.45) is 4.99 Å². The molecule has 0 saturated carbocycles. The van der Waals surface area contributed by atoms with Gasteiger partial charge in [-0.25, -0.2) is 4.79 Å². The molecular formula is C15H10N2O4. The van der Waals surface area contributed by atoms with Gasteiger partial charge in [0.05, 0.1) is 11.3 Å². The summed E-state index contributed by atoms with van der Waals surface area (Å²) < 4.78 is 10.4. The predicted molar refractivity (Wildman–Crippen MR) is 74.7 cm³/mol. The first-order valence-electron chi connectivity index (χ1n) is 6.16. The highest BCUT2D eigenvalue weighted by molar-refractivity contribution is 6.07. The van der Waals surface area contributed by atoms with Crippen LogP contribution in [-0.2, 0) is 4.79 Å². The zero-order valence-corrected chi connectivity index (χ0v) is 10.8. The van der Waals surface area contributed by atoms with Crippen LogP contribution in [0.5, 0.6) is 11.5 Å². The van der Waals surface area contributed by atoms with Crippen molar-refractivity contribution in [1.29, 1.82) is 0 Å².